The second-order valence-corrected chi connectivity index (χ2v) is 7.05. The predicted molar refractivity (Wildman–Crippen MR) is 103 cm³/mol. The molecule has 2 aromatic rings. The van der Waals surface area contributed by atoms with Gasteiger partial charge in [0.15, 0.2) is 0 Å². The third kappa shape index (κ3) is 3.02. The number of benzene rings is 2. The summed E-state index contributed by atoms with van der Waals surface area (Å²) in [5.74, 6) is 0.106. The second kappa shape index (κ2) is 7.32. The minimum atomic E-state index is -0.303. The summed E-state index contributed by atoms with van der Waals surface area (Å²) >= 11 is 0. The molecule has 5 nitrogen and oxygen atoms in total. The average molecular weight is 361 g/mol. The summed E-state index contributed by atoms with van der Waals surface area (Å²) in [6.45, 7) is 3.73. The molecule has 2 heterocycles. The number of fused-ring (bicyclic) bond motifs is 3. The van der Waals surface area contributed by atoms with E-state index in [1.165, 1.54) is 0 Å². The van der Waals surface area contributed by atoms with Gasteiger partial charge in [0.25, 0.3) is 0 Å². The number of rotatable bonds is 3. The van der Waals surface area contributed by atoms with Gasteiger partial charge in [-0.15, -0.1) is 0 Å². The molecule has 1 amide bonds. The van der Waals surface area contributed by atoms with Crippen LogP contribution in [0.4, 0.5) is 10.5 Å². The molecule has 2 aromatic carbocycles. The Bertz CT molecular complexity index is 861. The van der Waals surface area contributed by atoms with Crippen LogP contribution in [0.5, 0.6) is 0 Å². The van der Waals surface area contributed by atoms with Gasteiger partial charge in [0.05, 0.1) is 12.1 Å². The van der Waals surface area contributed by atoms with Crippen molar-refractivity contribution in [1.82, 2.24) is 4.90 Å². The SMILES string of the molecule is CCN1c2ccccc2C2C(CCN2C(=O)OCc2ccccc2)C1C#N. The molecule has 3 atom stereocenters. The number of para-hydroxylation sites is 1. The van der Waals surface area contributed by atoms with Gasteiger partial charge in [-0.3, -0.25) is 0 Å². The molecular formula is C22H23N3O2. The fraction of sp³-hybridized carbons (Fsp3) is 0.364. The number of anilines is 1. The second-order valence-electron chi connectivity index (χ2n) is 7.05. The topological polar surface area (TPSA) is 56.6 Å². The molecule has 0 aromatic heterocycles. The Morgan fingerprint density at radius 3 is 2.67 bits per heavy atom. The lowest BCUT2D eigenvalue weighted by atomic mass is 9.82. The van der Waals surface area contributed by atoms with Crippen LogP contribution in [0.15, 0.2) is 54.6 Å². The van der Waals surface area contributed by atoms with E-state index in [1.807, 2.05) is 53.4 Å². The number of amides is 1. The van der Waals surface area contributed by atoms with Crippen molar-refractivity contribution in [2.75, 3.05) is 18.0 Å². The zero-order valence-corrected chi connectivity index (χ0v) is 15.4. The number of nitrogens with zero attached hydrogens (tertiary/aromatic N) is 3. The lowest BCUT2D eigenvalue weighted by Gasteiger charge is -2.43. The minimum absolute atomic E-state index is 0.100. The third-order valence-corrected chi connectivity index (χ3v) is 5.66. The molecule has 4 rings (SSSR count). The van der Waals surface area contributed by atoms with Gasteiger partial charge in [0, 0.05) is 24.7 Å². The summed E-state index contributed by atoms with van der Waals surface area (Å²) in [6.07, 6.45) is 0.511. The van der Waals surface area contributed by atoms with E-state index in [9.17, 15) is 10.1 Å². The molecule has 1 fully saturated rings. The number of hydrogen-bond donors (Lipinski definition) is 0. The number of likely N-dealkylation sites (tertiary alicyclic amines) is 1. The van der Waals surface area contributed by atoms with Crippen molar-refractivity contribution in [1.29, 1.82) is 5.26 Å². The van der Waals surface area contributed by atoms with Crippen LogP contribution in [-0.2, 0) is 11.3 Å². The monoisotopic (exact) mass is 361 g/mol. The number of ether oxygens (including phenoxy) is 1. The molecule has 2 aliphatic heterocycles. The molecule has 0 bridgehead atoms. The standard InChI is InChI=1S/C22H23N3O2/c1-2-24-19-11-7-6-10-17(19)21-18(20(24)14-23)12-13-25(21)22(26)27-15-16-8-4-3-5-9-16/h3-11,18,20-21H,2,12-13,15H2,1H3. The van der Waals surface area contributed by atoms with Crippen molar-refractivity contribution in [3.05, 3.63) is 65.7 Å². The zero-order chi connectivity index (χ0) is 18.8. The maximum absolute atomic E-state index is 12.8. The number of carbonyl (C=O) groups is 1. The van der Waals surface area contributed by atoms with Crippen molar-refractivity contribution >= 4 is 11.8 Å². The van der Waals surface area contributed by atoms with Crippen molar-refractivity contribution in [3.63, 3.8) is 0 Å². The lowest BCUT2D eigenvalue weighted by molar-refractivity contribution is 0.0866. The summed E-state index contributed by atoms with van der Waals surface area (Å²) in [5, 5.41) is 9.82. The third-order valence-electron chi connectivity index (χ3n) is 5.66. The van der Waals surface area contributed by atoms with Crippen molar-refractivity contribution in [2.45, 2.75) is 32.0 Å². The molecule has 27 heavy (non-hydrogen) atoms. The molecule has 0 saturated carbocycles. The normalized spacial score (nSPS) is 23.3. The van der Waals surface area contributed by atoms with E-state index in [0.29, 0.717) is 6.54 Å². The van der Waals surface area contributed by atoms with Gasteiger partial charge in [0.2, 0.25) is 0 Å². The van der Waals surface area contributed by atoms with Gasteiger partial charge in [-0.05, 0) is 30.5 Å². The molecule has 1 saturated heterocycles. The number of carbonyl (C=O) groups excluding carboxylic acids is 1. The number of nitriles is 1. The van der Waals surface area contributed by atoms with Crippen LogP contribution >= 0.6 is 0 Å². The Morgan fingerprint density at radius 2 is 1.93 bits per heavy atom. The molecule has 3 unspecified atom stereocenters. The van der Waals surface area contributed by atoms with E-state index >= 15 is 0 Å². The maximum atomic E-state index is 12.8. The zero-order valence-electron chi connectivity index (χ0n) is 15.4. The molecule has 5 heteroatoms. The Kier molecular flexibility index (Phi) is 4.72. The first kappa shape index (κ1) is 17.4. The summed E-state index contributed by atoms with van der Waals surface area (Å²) in [6, 6.07) is 20.0. The lowest BCUT2D eigenvalue weighted by Crippen LogP contribution is -2.47. The van der Waals surface area contributed by atoms with Crippen LogP contribution < -0.4 is 4.90 Å². The van der Waals surface area contributed by atoms with Gasteiger partial charge in [-0.1, -0.05) is 48.5 Å². The Balaban J connectivity index is 1.60. The highest BCUT2D eigenvalue weighted by Gasteiger charge is 2.48. The molecule has 0 spiro atoms. The fourth-order valence-corrected chi connectivity index (χ4v) is 4.47. The van der Waals surface area contributed by atoms with Crippen LogP contribution in [0.25, 0.3) is 0 Å². The van der Waals surface area contributed by atoms with Gasteiger partial charge < -0.3 is 14.5 Å². The first-order chi connectivity index (χ1) is 13.2. The van der Waals surface area contributed by atoms with Crippen LogP contribution in [0, 0.1) is 17.2 Å². The first-order valence-electron chi connectivity index (χ1n) is 9.47. The Labute approximate surface area is 159 Å². The fourth-order valence-electron chi connectivity index (χ4n) is 4.47. The Morgan fingerprint density at radius 1 is 1.19 bits per heavy atom. The summed E-state index contributed by atoms with van der Waals surface area (Å²) < 4.78 is 5.59. The quantitative estimate of drug-likeness (QED) is 0.825. The van der Waals surface area contributed by atoms with Gasteiger partial charge in [0.1, 0.15) is 12.6 Å². The minimum Gasteiger partial charge on any atom is -0.445 e. The van der Waals surface area contributed by atoms with Crippen molar-refractivity contribution < 1.29 is 9.53 Å². The molecular weight excluding hydrogens is 338 g/mol. The molecule has 0 aliphatic carbocycles. The van der Waals surface area contributed by atoms with E-state index < -0.39 is 0 Å². The van der Waals surface area contributed by atoms with E-state index in [2.05, 4.69) is 24.0 Å². The molecule has 0 N–H and O–H groups in total. The van der Waals surface area contributed by atoms with E-state index in [-0.39, 0.29) is 30.7 Å². The Hall–Kier alpha value is -3.00. The highest BCUT2D eigenvalue weighted by Crippen LogP contribution is 2.48. The molecule has 138 valence electrons. The van der Waals surface area contributed by atoms with Crippen LogP contribution in [0.3, 0.4) is 0 Å². The van der Waals surface area contributed by atoms with E-state index in [1.54, 1.807) is 0 Å². The van der Waals surface area contributed by atoms with Crippen molar-refractivity contribution in [2.24, 2.45) is 5.92 Å². The maximum Gasteiger partial charge on any atom is 0.410 e. The number of hydrogen-bond acceptors (Lipinski definition) is 4. The van der Waals surface area contributed by atoms with Crippen molar-refractivity contribution in [3.8, 4) is 6.07 Å². The van der Waals surface area contributed by atoms with Crippen LogP contribution in [0.1, 0.15) is 30.5 Å². The molecule has 0 radical (unpaired) electrons. The summed E-state index contributed by atoms with van der Waals surface area (Å²) in [7, 11) is 0. The summed E-state index contributed by atoms with van der Waals surface area (Å²) in [4.78, 5) is 16.8. The van der Waals surface area contributed by atoms with E-state index in [0.717, 1.165) is 29.8 Å². The van der Waals surface area contributed by atoms with E-state index in [4.69, 9.17) is 4.74 Å². The van der Waals surface area contributed by atoms with Crippen LogP contribution in [-0.4, -0.2) is 30.1 Å². The van der Waals surface area contributed by atoms with Gasteiger partial charge in [-0.2, -0.15) is 5.26 Å². The van der Waals surface area contributed by atoms with Crippen LogP contribution in [0.2, 0.25) is 0 Å². The smallest absolute Gasteiger partial charge is 0.410 e. The highest BCUT2D eigenvalue weighted by atomic mass is 16.6. The molecule has 2 aliphatic rings. The first-order valence-corrected chi connectivity index (χ1v) is 9.47. The predicted octanol–water partition coefficient (Wildman–Crippen LogP) is 4.12. The van der Waals surface area contributed by atoms with Gasteiger partial charge >= 0.3 is 6.09 Å². The van der Waals surface area contributed by atoms with Gasteiger partial charge in [-0.25, -0.2) is 4.79 Å². The average Bonchev–Trinajstić information content (AvgIpc) is 3.17. The largest absolute Gasteiger partial charge is 0.445 e. The highest BCUT2D eigenvalue weighted by molar-refractivity contribution is 5.71. The summed E-state index contributed by atoms with van der Waals surface area (Å²) in [5.41, 5.74) is 3.14.